The van der Waals surface area contributed by atoms with Gasteiger partial charge in [-0.1, -0.05) is 74.3 Å². The lowest BCUT2D eigenvalue weighted by atomic mass is 9.93. The van der Waals surface area contributed by atoms with Crippen molar-refractivity contribution in [3.05, 3.63) is 71.8 Å². The van der Waals surface area contributed by atoms with Crippen molar-refractivity contribution < 1.29 is 0 Å². The number of hydrogen-bond acceptors (Lipinski definition) is 0. The summed E-state index contributed by atoms with van der Waals surface area (Å²) in [5, 5.41) is 0. The van der Waals surface area contributed by atoms with E-state index in [0.717, 1.165) is 0 Å². The minimum atomic E-state index is 0.484. The lowest BCUT2D eigenvalue weighted by Crippen LogP contribution is -1.94. The summed E-state index contributed by atoms with van der Waals surface area (Å²) in [6, 6.07) is 21.2. The molecule has 0 saturated carbocycles. The molecule has 84 valence electrons. The molecule has 1 heteroatoms. The lowest BCUT2D eigenvalue weighted by molar-refractivity contribution is 0.922. The van der Waals surface area contributed by atoms with Crippen LogP contribution in [-0.2, 0) is 0 Å². The first-order chi connectivity index (χ1) is 7.88. The highest BCUT2D eigenvalue weighted by molar-refractivity contribution is 7.15. The number of hydrogen-bond donors (Lipinski definition) is 0. The van der Waals surface area contributed by atoms with Gasteiger partial charge in [-0.25, -0.2) is 0 Å². The van der Waals surface area contributed by atoms with Gasteiger partial charge in [0.1, 0.15) is 0 Å². The van der Waals surface area contributed by atoms with E-state index in [9.17, 15) is 0 Å². The zero-order chi connectivity index (χ0) is 11.8. The molecule has 0 radical (unpaired) electrons. The van der Waals surface area contributed by atoms with E-state index in [1.54, 1.807) is 0 Å². The molecule has 0 nitrogen and oxygen atoms in total. The molecule has 1 atom stereocenters. The van der Waals surface area contributed by atoms with E-state index in [4.69, 9.17) is 0 Å². The van der Waals surface area contributed by atoms with Gasteiger partial charge in [0, 0.05) is 5.92 Å². The Kier molecular flexibility index (Phi) is 5.82. The fourth-order valence-corrected chi connectivity index (χ4v) is 1.68. The largest absolute Gasteiger partial charge is 0.141 e. The summed E-state index contributed by atoms with van der Waals surface area (Å²) >= 11 is 0. The number of rotatable bonds is 2. The Morgan fingerprint density at radius 3 is 1.31 bits per heavy atom. The molecule has 0 bridgehead atoms. The normalized spacial score (nSPS) is 9.50. The van der Waals surface area contributed by atoms with Gasteiger partial charge in [0.25, 0.3) is 0 Å². The standard InChI is InChI=1S/C14H14.CH5P/c1-12(13-8-4-2-5-9-13)14-10-6-3-7-11-14;1-2/h2-12H,1H3;2H2,1H3. The van der Waals surface area contributed by atoms with Crippen LogP contribution in [0.4, 0.5) is 0 Å². The highest BCUT2D eigenvalue weighted by atomic mass is 31.0. The molecule has 0 aromatic heterocycles. The molecule has 2 rings (SSSR count). The molecule has 16 heavy (non-hydrogen) atoms. The van der Waals surface area contributed by atoms with Crippen LogP contribution in [0, 0.1) is 0 Å². The summed E-state index contributed by atoms with van der Waals surface area (Å²) in [6.45, 7) is 4.16. The van der Waals surface area contributed by atoms with E-state index < -0.39 is 0 Å². The predicted molar refractivity (Wildman–Crippen MR) is 76.0 cm³/mol. The summed E-state index contributed by atoms with van der Waals surface area (Å²) in [5.41, 5.74) is 2.75. The molecule has 0 heterocycles. The van der Waals surface area contributed by atoms with Crippen molar-refractivity contribution in [2.45, 2.75) is 12.8 Å². The summed E-state index contributed by atoms with van der Waals surface area (Å²) in [6.07, 6.45) is 0. The zero-order valence-corrected chi connectivity index (χ0v) is 11.1. The van der Waals surface area contributed by atoms with Crippen LogP contribution in [0.25, 0.3) is 0 Å². The molecular formula is C15H19P. The van der Waals surface area contributed by atoms with Gasteiger partial charge >= 0.3 is 0 Å². The molecular weight excluding hydrogens is 211 g/mol. The second-order valence-corrected chi connectivity index (χ2v) is 3.54. The molecule has 2 aromatic carbocycles. The third-order valence-electron chi connectivity index (χ3n) is 2.60. The van der Waals surface area contributed by atoms with E-state index in [-0.39, 0.29) is 0 Å². The van der Waals surface area contributed by atoms with Gasteiger partial charge in [0.2, 0.25) is 0 Å². The smallest absolute Gasteiger partial charge is 0.00610 e. The van der Waals surface area contributed by atoms with Crippen molar-refractivity contribution >= 4 is 9.24 Å². The van der Waals surface area contributed by atoms with Crippen LogP contribution in [0.5, 0.6) is 0 Å². The zero-order valence-electron chi connectivity index (χ0n) is 9.93. The quantitative estimate of drug-likeness (QED) is 0.674. The second kappa shape index (κ2) is 7.19. The van der Waals surface area contributed by atoms with Crippen molar-refractivity contribution in [3.63, 3.8) is 0 Å². The van der Waals surface area contributed by atoms with E-state index in [1.807, 2.05) is 6.66 Å². The maximum atomic E-state index is 2.42. The molecule has 0 amide bonds. The van der Waals surface area contributed by atoms with Crippen molar-refractivity contribution in [3.8, 4) is 0 Å². The van der Waals surface area contributed by atoms with Crippen LogP contribution in [0.3, 0.4) is 0 Å². The topological polar surface area (TPSA) is 0 Å². The minimum absolute atomic E-state index is 0.484. The van der Waals surface area contributed by atoms with E-state index >= 15 is 0 Å². The third-order valence-corrected chi connectivity index (χ3v) is 2.60. The molecule has 0 aliphatic rings. The molecule has 0 aliphatic carbocycles. The second-order valence-electron chi connectivity index (χ2n) is 3.54. The van der Waals surface area contributed by atoms with Gasteiger partial charge in [0.15, 0.2) is 0 Å². The van der Waals surface area contributed by atoms with E-state index in [2.05, 4.69) is 76.8 Å². The molecule has 0 fully saturated rings. The SMILES string of the molecule is CC(c1ccccc1)c1ccccc1.CP. The maximum absolute atomic E-state index is 2.42. The average Bonchev–Trinajstić information content (AvgIpc) is 2.42. The van der Waals surface area contributed by atoms with Crippen molar-refractivity contribution in [1.29, 1.82) is 0 Å². The van der Waals surface area contributed by atoms with Crippen LogP contribution < -0.4 is 0 Å². The summed E-state index contributed by atoms with van der Waals surface area (Å²) in [4.78, 5) is 0. The highest BCUT2D eigenvalue weighted by Gasteiger charge is 2.05. The van der Waals surface area contributed by atoms with Crippen LogP contribution in [0.1, 0.15) is 24.0 Å². The average molecular weight is 230 g/mol. The highest BCUT2D eigenvalue weighted by Crippen LogP contribution is 2.22. The molecule has 0 aliphatic heterocycles. The van der Waals surface area contributed by atoms with Gasteiger partial charge in [-0.15, -0.1) is 9.24 Å². The monoisotopic (exact) mass is 230 g/mol. The Morgan fingerprint density at radius 1 is 0.688 bits per heavy atom. The fourth-order valence-electron chi connectivity index (χ4n) is 1.68. The summed E-state index contributed by atoms with van der Waals surface area (Å²) in [7, 11) is 2.42. The minimum Gasteiger partial charge on any atom is -0.141 e. The maximum Gasteiger partial charge on any atom is 0.00610 e. The van der Waals surface area contributed by atoms with E-state index in [0.29, 0.717) is 5.92 Å². The van der Waals surface area contributed by atoms with Crippen molar-refractivity contribution in [2.75, 3.05) is 6.66 Å². The van der Waals surface area contributed by atoms with Crippen LogP contribution in [0.15, 0.2) is 60.7 Å². The van der Waals surface area contributed by atoms with E-state index in [1.165, 1.54) is 11.1 Å². The molecule has 1 unspecified atom stereocenters. The van der Waals surface area contributed by atoms with Gasteiger partial charge in [-0.2, -0.15) is 0 Å². The predicted octanol–water partition coefficient (Wildman–Crippen LogP) is 4.33. The Bertz CT molecular complexity index is 341. The Hall–Kier alpha value is -1.13. The summed E-state index contributed by atoms with van der Waals surface area (Å²) in [5.74, 6) is 0.484. The summed E-state index contributed by atoms with van der Waals surface area (Å²) < 4.78 is 0. The first-order valence-corrected chi connectivity index (χ1v) is 6.71. The number of benzene rings is 2. The van der Waals surface area contributed by atoms with Gasteiger partial charge < -0.3 is 0 Å². The van der Waals surface area contributed by atoms with Crippen molar-refractivity contribution in [1.82, 2.24) is 0 Å². The lowest BCUT2D eigenvalue weighted by Gasteiger charge is -2.11. The molecule has 0 saturated heterocycles. The Balaban J connectivity index is 0.000000606. The van der Waals surface area contributed by atoms with Gasteiger partial charge in [-0.3, -0.25) is 0 Å². The Labute approximate surface area is 101 Å². The fraction of sp³-hybridized carbons (Fsp3) is 0.200. The first kappa shape index (κ1) is 12.9. The molecule has 0 N–H and O–H groups in total. The van der Waals surface area contributed by atoms with Crippen LogP contribution in [-0.4, -0.2) is 6.66 Å². The molecule has 0 spiro atoms. The van der Waals surface area contributed by atoms with Crippen LogP contribution >= 0.6 is 9.24 Å². The van der Waals surface area contributed by atoms with Gasteiger partial charge in [-0.05, 0) is 11.1 Å². The van der Waals surface area contributed by atoms with Crippen LogP contribution in [0.2, 0.25) is 0 Å². The Morgan fingerprint density at radius 2 is 1.00 bits per heavy atom. The van der Waals surface area contributed by atoms with Gasteiger partial charge in [0.05, 0.1) is 0 Å². The molecule has 2 aromatic rings. The third kappa shape index (κ3) is 3.47. The van der Waals surface area contributed by atoms with Crippen molar-refractivity contribution in [2.24, 2.45) is 0 Å². The first-order valence-electron chi connectivity index (χ1n) is 5.55.